The fourth-order valence-corrected chi connectivity index (χ4v) is 5.72. The predicted octanol–water partition coefficient (Wildman–Crippen LogP) is 6.54. The standard InChI is InChI=1S/C29H31FN2O2/c1-19-5-7-20(8-6-19)28(2)13-15-32-16-14-29(3,21-9-11-22(30)12-10-21)25-18-23(31-27(33)34-4)17-24(28)26(25)32/h5-12,17-18H,13-16H2,1-4H3,(H,31,33). The highest BCUT2D eigenvalue weighted by Gasteiger charge is 2.45. The van der Waals surface area contributed by atoms with Gasteiger partial charge in [-0.2, -0.15) is 0 Å². The number of nitrogens with zero attached hydrogens (tertiary/aromatic N) is 1. The fourth-order valence-electron chi connectivity index (χ4n) is 5.72. The van der Waals surface area contributed by atoms with Gasteiger partial charge in [0.1, 0.15) is 5.82 Å². The average molecular weight is 459 g/mol. The number of carbonyl (C=O) groups is 1. The Hall–Kier alpha value is -3.34. The smallest absolute Gasteiger partial charge is 0.411 e. The molecular formula is C29H31FN2O2. The van der Waals surface area contributed by atoms with Crippen LogP contribution < -0.4 is 10.2 Å². The summed E-state index contributed by atoms with van der Waals surface area (Å²) in [6.45, 7) is 8.53. The van der Waals surface area contributed by atoms with Crippen molar-refractivity contribution in [1.82, 2.24) is 0 Å². The van der Waals surface area contributed by atoms with Crippen LogP contribution in [0.5, 0.6) is 0 Å². The summed E-state index contributed by atoms with van der Waals surface area (Å²) < 4.78 is 18.7. The van der Waals surface area contributed by atoms with E-state index in [-0.39, 0.29) is 16.6 Å². The van der Waals surface area contributed by atoms with Crippen LogP contribution in [-0.2, 0) is 15.6 Å². The fraction of sp³-hybridized carbons (Fsp3) is 0.345. The largest absolute Gasteiger partial charge is 0.453 e. The molecule has 0 radical (unpaired) electrons. The Balaban J connectivity index is 1.75. The average Bonchev–Trinajstić information content (AvgIpc) is 2.83. The molecule has 3 aromatic carbocycles. The number of nitrogens with one attached hydrogen (secondary N) is 1. The van der Waals surface area contributed by atoms with E-state index < -0.39 is 6.09 Å². The summed E-state index contributed by atoms with van der Waals surface area (Å²) in [4.78, 5) is 14.7. The summed E-state index contributed by atoms with van der Waals surface area (Å²) in [6, 6.07) is 19.8. The number of ether oxygens (including phenoxy) is 1. The molecule has 2 aliphatic rings. The number of aryl methyl sites for hydroxylation is 1. The van der Waals surface area contributed by atoms with E-state index in [4.69, 9.17) is 4.74 Å². The third-order valence-corrected chi connectivity index (χ3v) is 7.98. The van der Waals surface area contributed by atoms with Crippen molar-refractivity contribution in [2.75, 3.05) is 30.4 Å². The molecule has 0 bridgehead atoms. The molecule has 4 nitrogen and oxygen atoms in total. The molecule has 0 saturated carbocycles. The van der Waals surface area contributed by atoms with Crippen molar-refractivity contribution in [3.8, 4) is 0 Å². The molecule has 2 atom stereocenters. The SMILES string of the molecule is COC(=O)Nc1cc2c3c(c1)C(C)(c1ccc(F)cc1)CCN3CCC2(C)c1ccc(C)cc1. The van der Waals surface area contributed by atoms with Crippen molar-refractivity contribution in [2.45, 2.75) is 44.4 Å². The molecule has 2 heterocycles. The van der Waals surface area contributed by atoms with Gasteiger partial charge in [-0.25, -0.2) is 9.18 Å². The highest BCUT2D eigenvalue weighted by Crippen LogP contribution is 2.54. The van der Waals surface area contributed by atoms with E-state index in [0.717, 1.165) is 42.7 Å². The van der Waals surface area contributed by atoms with Crippen LogP contribution in [0.1, 0.15) is 54.5 Å². The molecule has 0 spiro atoms. The van der Waals surface area contributed by atoms with Crippen molar-refractivity contribution < 1.29 is 13.9 Å². The molecule has 1 amide bonds. The lowest BCUT2D eigenvalue weighted by Crippen LogP contribution is -2.47. The summed E-state index contributed by atoms with van der Waals surface area (Å²) in [5.74, 6) is -0.236. The number of anilines is 2. The Bertz CT molecular complexity index is 1150. The number of amides is 1. The highest BCUT2D eigenvalue weighted by atomic mass is 19.1. The minimum atomic E-state index is -0.490. The Morgan fingerprint density at radius 1 is 0.912 bits per heavy atom. The first-order valence-electron chi connectivity index (χ1n) is 11.9. The van der Waals surface area contributed by atoms with Crippen LogP contribution in [0.25, 0.3) is 0 Å². The molecule has 2 unspecified atom stereocenters. The zero-order chi connectivity index (χ0) is 24.1. The summed E-state index contributed by atoms with van der Waals surface area (Å²) in [7, 11) is 1.37. The lowest BCUT2D eigenvalue weighted by atomic mass is 9.64. The molecule has 1 N–H and O–H groups in total. The number of carbonyl (C=O) groups excluding carboxylic acids is 1. The van der Waals surface area contributed by atoms with Gasteiger partial charge in [0, 0.05) is 35.3 Å². The van der Waals surface area contributed by atoms with Crippen LogP contribution in [0.3, 0.4) is 0 Å². The summed E-state index contributed by atoms with van der Waals surface area (Å²) in [5.41, 5.74) is 7.39. The van der Waals surface area contributed by atoms with Crippen LogP contribution in [0.2, 0.25) is 0 Å². The van der Waals surface area contributed by atoms with Gasteiger partial charge >= 0.3 is 6.09 Å². The normalized spacial score (nSPS) is 23.3. The Labute approximate surface area is 200 Å². The van der Waals surface area contributed by atoms with Crippen LogP contribution >= 0.6 is 0 Å². The van der Waals surface area contributed by atoms with E-state index in [1.54, 1.807) is 0 Å². The third kappa shape index (κ3) is 3.54. The van der Waals surface area contributed by atoms with E-state index in [9.17, 15) is 9.18 Å². The van der Waals surface area contributed by atoms with Crippen molar-refractivity contribution >= 4 is 17.5 Å². The predicted molar refractivity (Wildman–Crippen MR) is 134 cm³/mol. The maximum Gasteiger partial charge on any atom is 0.411 e. The van der Waals surface area contributed by atoms with Gasteiger partial charge in [0.15, 0.2) is 0 Å². The van der Waals surface area contributed by atoms with Crippen LogP contribution in [0, 0.1) is 12.7 Å². The molecule has 0 saturated heterocycles. The molecule has 0 aliphatic carbocycles. The van der Waals surface area contributed by atoms with Gasteiger partial charge in [-0.3, -0.25) is 5.32 Å². The van der Waals surface area contributed by atoms with Crippen molar-refractivity contribution in [2.24, 2.45) is 0 Å². The zero-order valence-electron chi connectivity index (χ0n) is 20.2. The Morgan fingerprint density at radius 2 is 1.41 bits per heavy atom. The maximum absolute atomic E-state index is 13.8. The quantitative estimate of drug-likeness (QED) is 0.485. The van der Waals surface area contributed by atoms with E-state index in [1.165, 1.54) is 41.6 Å². The summed E-state index contributed by atoms with van der Waals surface area (Å²) >= 11 is 0. The molecule has 5 heteroatoms. The van der Waals surface area contributed by atoms with Gasteiger partial charge in [-0.1, -0.05) is 55.8 Å². The van der Waals surface area contributed by atoms with Gasteiger partial charge in [-0.05, 0) is 66.3 Å². The number of rotatable bonds is 3. The van der Waals surface area contributed by atoms with Crippen molar-refractivity contribution in [1.29, 1.82) is 0 Å². The van der Waals surface area contributed by atoms with Crippen molar-refractivity contribution in [3.05, 3.63) is 94.3 Å². The second kappa shape index (κ2) is 8.15. The van der Waals surface area contributed by atoms with E-state index in [1.807, 2.05) is 12.1 Å². The van der Waals surface area contributed by atoms with Gasteiger partial charge in [-0.15, -0.1) is 0 Å². The first kappa shape index (κ1) is 22.5. The molecule has 2 aliphatic heterocycles. The molecule has 0 fully saturated rings. The molecular weight excluding hydrogens is 427 g/mol. The Kier molecular flexibility index (Phi) is 5.38. The van der Waals surface area contributed by atoms with Gasteiger partial charge in [0.05, 0.1) is 7.11 Å². The number of benzene rings is 3. The minimum Gasteiger partial charge on any atom is -0.453 e. The topological polar surface area (TPSA) is 41.6 Å². The van der Waals surface area contributed by atoms with Crippen LogP contribution in [0.15, 0.2) is 60.7 Å². The van der Waals surface area contributed by atoms with E-state index in [0.29, 0.717) is 0 Å². The monoisotopic (exact) mass is 458 g/mol. The lowest BCUT2D eigenvalue weighted by Gasteiger charge is -2.50. The zero-order valence-corrected chi connectivity index (χ0v) is 20.2. The number of halogens is 1. The number of methoxy groups -OCH3 is 1. The lowest BCUT2D eigenvalue weighted by molar-refractivity contribution is 0.187. The first-order valence-corrected chi connectivity index (χ1v) is 11.9. The summed E-state index contributed by atoms with van der Waals surface area (Å²) in [6.07, 6.45) is 1.40. The molecule has 5 rings (SSSR count). The summed E-state index contributed by atoms with van der Waals surface area (Å²) in [5, 5.41) is 2.91. The highest BCUT2D eigenvalue weighted by molar-refractivity contribution is 5.87. The maximum atomic E-state index is 13.8. The molecule has 3 aromatic rings. The van der Waals surface area contributed by atoms with E-state index in [2.05, 4.69) is 67.4 Å². The van der Waals surface area contributed by atoms with Crippen LogP contribution in [0.4, 0.5) is 20.6 Å². The van der Waals surface area contributed by atoms with E-state index >= 15 is 0 Å². The van der Waals surface area contributed by atoms with Gasteiger partial charge < -0.3 is 9.64 Å². The number of hydrogen-bond acceptors (Lipinski definition) is 3. The number of hydrogen-bond donors (Lipinski definition) is 1. The minimum absolute atomic E-state index is 0.205. The Morgan fingerprint density at radius 3 is 1.91 bits per heavy atom. The van der Waals surface area contributed by atoms with Crippen LogP contribution in [-0.4, -0.2) is 26.3 Å². The molecule has 0 aromatic heterocycles. The first-order chi connectivity index (χ1) is 16.2. The van der Waals surface area contributed by atoms with Crippen molar-refractivity contribution in [3.63, 3.8) is 0 Å². The second-order valence-corrected chi connectivity index (χ2v) is 10.1. The molecule has 34 heavy (non-hydrogen) atoms. The third-order valence-electron chi connectivity index (χ3n) is 7.98. The van der Waals surface area contributed by atoms with Gasteiger partial charge in [0.25, 0.3) is 0 Å². The van der Waals surface area contributed by atoms with Gasteiger partial charge in [0.2, 0.25) is 0 Å². The second-order valence-electron chi connectivity index (χ2n) is 10.1. The molecule has 176 valence electrons.